The number of benzene rings is 1. The molecule has 0 aliphatic rings. The van der Waals surface area contributed by atoms with Gasteiger partial charge in [-0.1, -0.05) is 30.7 Å². The lowest BCUT2D eigenvalue weighted by Crippen LogP contribution is -2.16. The standard InChI is InChI=1S/C15H21N5/c1-5-9-16-14-17-13(18-15(19-14)20(3)4)12-8-6-7-11(2)10-12/h6-8,10H,5,9H2,1-4H3,(H,16,17,18,19). The third-order valence-corrected chi connectivity index (χ3v) is 2.83. The van der Waals surface area contributed by atoms with Crippen molar-refractivity contribution >= 4 is 11.9 Å². The topological polar surface area (TPSA) is 53.9 Å². The predicted molar refractivity (Wildman–Crippen MR) is 83.1 cm³/mol. The molecule has 0 atom stereocenters. The number of nitrogens with zero attached hydrogens (tertiary/aromatic N) is 4. The molecule has 2 aromatic rings. The molecule has 0 aliphatic heterocycles. The highest BCUT2D eigenvalue weighted by Crippen LogP contribution is 2.19. The summed E-state index contributed by atoms with van der Waals surface area (Å²) >= 11 is 0. The fraction of sp³-hybridized carbons (Fsp3) is 0.400. The van der Waals surface area contributed by atoms with Gasteiger partial charge >= 0.3 is 0 Å². The van der Waals surface area contributed by atoms with E-state index in [-0.39, 0.29) is 0 Å². The third-order valence-electron chi connectivity index (χ3n) is 2.83. The van der Waals surface area contributed by atoms with Gasteiger partial charge in [0.15, 0.2) is 5.82 Å². The molecule has 0 bridgehead atoms. The molecule has 2 rings (SSSR count). The molecule has 5 heteroatoms. The van der Waals surface area contributed by atoms with Crippen LogP contribution in [0.3, 0.4) is 0 Å². The maximum Gasteiger partial charge on any atom is 0.230 e. The molecular formula is C15H21N5. The average Bonchev–Trinajstić information content (AvgIpc) is 2.44. The van der Waals surface area contributed by atoms with Crippen LogP contribution in [-0.4, -0.2) is 35.6 Å². The molecule has 0 saturated heterocycles. The van der Waals surface area contributed by atoms with E-state index in [2.05, 4.69) is 46.2 Å². The van der Waals surface area contributed by atoms with Crippen LogP contribution in [-0.2, 0) is 0 Å². The molecule has 0 saturated carbocycles. The maximum atomic E-state index is 4.52. The number of aryl methyl sites for hydroxylation is 1. The highest BCUT2D eigenvalue weighted by Gasteiger charge is 2.09. The second-order valence-electron chi connectivity index (χ2n) is 4.97. The minimum absolute atomic E-state index is 0.627. The Hall–Kier alpha value is -2.17. The summed E-state index contributed by atoms with van der Waals surface area (Å²) in [6.07, 6.45) is 1.03. The summed E-state index contributed by atoms with van der Waals surface area (Å²) in [6, 6.07) is 8.18. The maximum absolute atomic E-state index is 4.52. The molecule has 0 spiro atoms. The van der Waals surface area contributed by atoms with Crippen molar-refractivity contribution in [1.82, 2.24) is 15.0 Å². The van der Waals surface area contributed by atoms with Gasteiger partial charge in [0.25, 0.3) is 0 Å². The minimum Gasteiger partial charge on any atom is -0.354 e. The quantitative estimate of drug-likeness (QED) is 0.906. The molecule has 1 aromatic heterocycles. The molecule has 0 aliphatic carbocycles. The zero-order valence-electron chi connectivity index (χ0n) is 12.5. The summed E-state index contributed by atoms with van der Waals surface area (Å²) in [5.41, 5.74) is 2.20. The molecule has 0 radical (unpaired) electrons. The van der Waals surface area contributed by atoms with Crippen molar-refractivity contribution in [2.75, 3.05) is 30.9 Å². The number of hydrogen-bond donors (Lipinski definition) is 1. The lowest BCUT2D eigenvalue weighted by atomic mass is 10.1. The van der Waals surface area contributed by atoms with Crippen LogP contribution in [0.15, 0.2) is 24.3 Å². The Bertz CT molecular complexity index is 580. The van der Waals surface area contributed by atoms with E-state index in [0.717, 1.165) is 18.5 Å². The van der Waals surface area contributed by atoms with Crippen LogP contribution in [0.4, 0.5) is 11.9 Å². The van der Waals surface area contributed by atoms with E-state index in [4.69, 9.17) is 0 Å². The zero-order valence-corrected chi connectivity index (χ0v) is 12.5. The van der Waals surface area contributed by atoms with Gasteiger partial charge in [0, 0.05) is 26.2 Å². The SMILES string of the molecule is CCCNc1nc(-c2cccc(C)c2)nc(N(C)C)n1. The molecule has 0 amide bonds. The van der Waals surface area contributed by atoms with E-state index < -0.39 is 0 Å². The van der Waals surface area contributed by atoms with Crippen molar-refractivity contribution in [1.29, 1.82) is 0 Å². The van der Waals surface area contributed by atoms with Crippen LogP contribution >= 0.6 is 0 Å². The second kappa shape index (κ2) is 6.32. The van der Waals surface area contributed by atoms with E-state index >= 15 is 0 Å². The van der Waals surface area contributed by atoms with Gasteiger partial charge in [-0.25, -0.2) is 0 Å². The van der Waals surface area contributed by atoms with Gasteiger partial charge in [-0.15, -0.1) is 0 Å². The van der Waals surface area contributed by atoms with Crippen LogP contribution in [0, 0.1) is 6.92 Å². The number of nitrogens with one attached hydrogen (secondary N) is 1. The van der Waals surface area contributed by atoms with Crippen molar-refractivity contribution < 1.29 is 0 Å². The van der Waals surface area contributed by atoms with Crippen LogP contribution < -0.4 is 10.2 Å². The van der Waals surface area contributed by atoms with Crippen molar-refractivity contribution in [2.24, 2.45) is 0 Å². The smallest absolute Gasteiger partial charge is 0.230 e. The second-order valence-corrected chi connectivity index (χ2v) is 4.97. The molecule has 1 aromatic carbocycles. The average molecular weight is 271 g/mol. The van der Waals surface area contributed by atoms with Crippen molar-refractivity contribution in [3.8, 4) is 11.4 Å². The van der Waals surface area contributed by atoms with Crippen molar-refractivity contribution in [2.45, 2.75) is 20.3 Å². The molecule has 20 heavy (non-hydrogen) atoms. The van der Waals surface area contributed by atoms with Gasteiger partial charge in [0.05, 0.1) is 0 Å². The highest BCUT2D eigenvalue weighted by atomic mass is 15.3. The van der Waals surface area contributed by atoms with Crippen LogP contribution in [0.25, 0.3) is 11.4 Å². The molecule has 1 N–H and O–H groups in total. The normalized spacial score (nSPS) is 10.4. The lowest BCUT2D eigenvalue weighted by molar-refractivity contribution is 0.919. The first-order chi connectivity index (χ1) is 9.60. The van der Waals surface area contributed by atoms with Gasteiger partial charge in [-0.3, -0.25) is 0 Å². The molecular weight excluding hydrogens is 250 g/mol. The zero-order chi connectivity index (χ0) is 14.5. The Morgan fingerprint density at radius 1 is 1.15 bits per heavy atom. The number of hydrogen-bond acceptors (Lipinski definition) is 5. The largest absolute Gasteiger partial charge is 0.354 e. The van der Waals surface area contributed by atoms with Gasteiger partial charge in [-0.05, 0) is 19.4 Å². The van der Waals surface area contributed by atoms with E-state index in [1.165, 1.54) is 5.56 Å². The van der Waals surface area contributed by atoms with Gasteiger partial charge in [-0.2, -0.15) is 15.0 Å². The highest BCUT2D eigenvalue weighted by molar-refractivity contribution is 5.59. The summed E-state index contributed by atoms with van der Waals surface area (Å²) in [5.74, 6) is 1.99. The number of rotatable bonds is 5. The van der Waals surface area contributed by atoms with Crippen molar-refractivity contribution in [3.63, 3.8) is 0 Å². The summed E-state index contributed by atoms with van der Waals surface area (Å²) in [6.45, 7) is 5.03. The summed E-state index contributed by atoms with van der Waals surface area (Å²) in [7, 11) is 3.86. The number of aromatic nitrogens is 3. The first kappa shape index (κ1) is 14.2. The number of anilines is 2. The fourth-order valence-electron chi connectivity index (χ4n) is 1.79. The van der Waals surface area contributed by atoms with E-state index in [1.807, 2.05) is 31.1 Å². The van der Waals surface area contributed by atoms with Gasteiger partial charge < -0.3 is 10.2 Å². The predicted octanol–water partition coefficient (Wildman–Crippen LogP) is 2.73. The Balaban J connectivity index is 2.43. The van der Waals surface area contributed by atoms with Crippen LogP contribution in [0.1, 0.15) is 18.9 Å². The minimum atomic E-state index is 0.627. The molecule has 1 heterocycles. The first-order valence-electron chi connectivity index (χ1n) is 6.84. The van der Waals surface area contributed by atoms with E-state index in [9.17, 15) is 0 Å². The first-order valence-corrected chi connectivity index (χ1v) is 6.84. The summed E-state index contributed by atoms with van der Waals surface area (Å²) in [5, 5.41) is 3.23. The fourth-order valence-corrected chi connectivity index (χ4v) is 1.79. The molecule has 106 valence electrons. The lowest BCUT2D eigenvalue weighted by Gasteiger charge is -2.13. The molecule has 0 fully saturated rings. The summed E-state index contributed by atoms with van der Waals surface area (Å²) in [4.78, 5) is 15.3. The monoisotopic (exact) mass is 271 g/mol. The Morgan fingerprint density at radius 3 is 2.60 bits per heavy atom. The third kappa shape index (κ3) is 3.44. The molecule has 5 nitrogen and oxygen atoms in total. The van der Waals surface area contributed by atoms with E-state index in [1.54, 1.807) is 0 Å². The van der Waals surface area contributed by atoms with E-state index in [0.29, 0.717) is 17.7 Å². The van der Waals surface area contributed by atoms with Crippen LogP contribution in [0.2, 0.25) is 0 Å². The Kier molecular flexibility index (Phi) is 4.50. The van der Waals surface area contributed by atoms with Gasteiger partial charge in [0.2, 0.25) is 11.9 Å². The summed E-state index contributed by atoms with van der Waals surface area (Å²) < 4.78 is 0. The Labute approximate surface area is 120 Å². The Morgan fingerprint density at radius 2 is 1.95 bits per heavy atom. The van der Waals surface area contributed by atoms with Crippen molar-refractivity contribution in [3.05, 3.63) is 29.8 Å². The molecule has 0 unspecified atom stereocenters. The van der Waals surface area contributed by atoms with Crippen LogP contribution in [0.5, 0.6) is 0 Å². The van der Waals surface area contributed by atoms with Gasteiger partial charge in [0.1, 0.15) is 0 Å².